The van der Waals surface area contributed by atoms with E-state index < -0.39 is 6.17 Å². The number of aryl methyl sites for hydroxylation is 1. The van der Waals surface area contributed by atoms with Crippen LogP contribution in [0, 0.1) is 6.92 Å². The van der Waals surface area contributed by atoms with Crippen molar-refractivity contribution in [3.05, 3.63) is 53.6 Å². The number of rotatable bonds is 8. The fraction of sp³-hybridized carbons (Fsp3) is 0.385. The van der Waals surface area contributed by atoms with Crippen LogP contribution in [0.1, 0.15) is 56.8 Å². The number of anilines is 1. The Morgan fingerprint density at radius 1 is 1.21 bits per heavy atom. The van der Waals surface area contributed by atoms with Gasteiger partial charge in [0, 0.05) is 23.3 Å². The Balaban J connectivity index is 1.85. The number of nitrogens with zero attached hydrogens (tertiary/aromatic N) is 4. The van der Waals surface area contributed by atoms with Crippen molar-refractivity contribution in [3.8, 4) is 22.9 Å². The second-order valence-corrected chi connectivity index (χ2v) is 9.47. The number of benzene rings is 2. The summed E-state index contributed by atoms with van der Waals surface area (Å²) in [5.41, 5.74) is 3.50. The highest BCUT2D eigenvalue weighted by molar-refractivity contribution is 7.99. The van der Waals surface area contributed by atoms with Crippen LogP contribution in [-0.2, 0) is 4.79 Å². The number of hydrogen-bond acceptors (Lipinski definition) is 6. The van der Waals surface area contributed by atoms with Crippen LogP contribution < -0.4 is 19.4 Å². The lowest BCUT2D eigenvalue weighted by molar-refractivity contribution is -0.764. The van der Waals surface area contributed by atoms with E-state index in [2.05, 4.69) is 11.9 Å². The summed E-state index contributed by atoms with van der Waals surface area (Å²) in [6.45, 7) is 5.67. The molecule has 1 aromatic heterocycles. The summed E-state index contributed by atoms with van der Waals surface area (Å²) in [6, 6.07) is 13.2. The van der Waals surface area contributed by atoms with Crippen LogP contribution in [0.5, 0.6) is 11.6 Å². The molecule has 0 bridgehead atoms. The summed E-state index contributed by atoms with van der Waals surface area (Å²) in [7, 11) is 1.63. The number of carbonyl (C=O) groups is 1. The molecule has 1 aliphatic rings. The van der Waals surface area contributed by atoms with E-state index in [1.165, 1.54) is 31.5 Å². The number of ether oxygens (including phenoxy) is 1. The summed E-state index contributed by atoms with van der Waals surface area (Å²) in [4.78, 5) is 19.0. The van der Waals surface area contributed by atoms with Crippen molar-refractivity contribution in [2.45, 2.75) is 57.8 Å². The van der Waals surface area contributed by atoms with Crippen molar-refractivity contribution in [3.63, 3.8) is 0 Å². The van der Waals surface area contributed by atoms with Crippen LogP contribution in [0.4, 0.5) is 5.69 Å². The lowest BCUT2D eigenvalue weighted by atomic mass is 10.00. The number of hydrogen-bond donors (Lipinski definition) is 0. The molecule has 178 valence electrons. The van der Waals surface area contributed by atoms with E-state index in [1.54, 1.807) is 16.7 Å². The van der Waals surface area contributed by atoms with E-state index in [4.69, 9.17) is 9.84 Å². The molecule has 2 aromatic carbocycles. The lowest BCUT2D eigenvalue weighted by Crippen LogP contribution is -2.58. The van der Waals surface area contributed by atoms with E-state index >= 15 is 0 Å². The fourth-order valence-corrected chi connectivity index (χ4v) is 5.21. The highest BCUT2D eigenvalue weighted by Gasteiger charge is 2.43. The molecule has 1 amide bonds. The molecule has 0 fully saturated rings. The van der Waals surface area contributed by atoms with Crippen molar-refractivity contribution in [2.75, 3.05) is 17.8 Å². The van der Waals surface area contributed by atoms with E-state index in [1.807, 2.05) is 49.4 Å². The van der Waals surface area contributed by atoms with Gasteiger partial charge in [0.05, 0.1) is 24.2 Å². The number of carbonyl (C=O) groups excluding carboxylic acids is 1. The minimum Gasteiger partial charge on any atom is -0.854 e. The third-order valence-electron chi connectivity index (χ3n) is 6.00. The van der Waals surface area contributed by atoms with Gasteiger partial charge in [-0.3, -0.25) is 4.79 Å². The van der Waals surface area contributed by atoms with Crippen LogP contribution in [0.2, 0.25) is 0 Å². The van der Waals surface area contributed by atoms with Crippen LogP contribution in [-0.4, -0.2) is 28.9 Å². The third-order valence-corrected chi connectivity index (χ3v) is 6.93. The molecule has 34 heavy (non-hydrogen) atoms. The molecule has 0 saturated carbocycles. The van der Waals surface area contributed by atoms with E-state index in [9.17, 15) is 9.90 Å². The van der Waals surface area contributed by atoms with E-state index in [0.717, 1.165) is 35.5 Å². The maximum atomic E-state index is 13.3. The molecule has 0 aliphatic carbocycles. The average molecular weight is 479 g/mol. The van der Waals surface area contributed by atoms with Crippen LogP contribution in [0.3, 0.4) is 0 Å². The van der Waals surface area contributed by atoms with Crippen molar-refractivity contribution < 1.29 is 19.3 Å². The second-order valence-electron chi connectivity index (χ2n) is 8.41. The number of thioether (sulfide) groups is 1. The van der Waals surface area contributed by atoms with Crippen LogP contribution in [0.25, 0.3) is 11.3 Å². The molecular weight excluding hydrogens is 448 g/mol. The summed E-state index contributed by atoms with van der Waals surface area (Å²) in [6.07, 6.45) is 3.94. The summed E-state index contributed by atoms with van der Waals surface area (Å²) >= 11 is 1.49. The third kappa shape index (κ3) is 4.59. The van der Waals surface area contributed by atoms with Gasteiger partial charge in [-0.2, -0.15) is 0 Å². The number of para-hydroxylation sites is 1. The quantitative estimate of drug-likeness (QED) is 0.271. The minimum atomic E-state index is -0.609. The highest BCUT2D eigenvalue weighted by Crippen LogP contribution is 2.41. The molecule has 8 heteroatoms. The predicted molar refractivity (Wildman–Crippen MR) is 131 cm³/mol. The number of aromatic nitrogens is 3. The number of methoxy groups -OCH3 is 1. The molecule has 2 heterocycles. The van der Waals surface area contributed by atoms with Gasteiger partial charge < -0.3 is 9.84 Å². The molecular formula is C26H30N4O3S. The summed E-state index contributed by atoms with van der Waals surface area (Å²) in [5.74, 6) is 1.13. The molecule has 4 rings (SSSR count). The fourth-order valence-electron chi connectivity index (χ4n) is 4.39. The first-order chi connectivity index (χ1) is 16.5. The Bertz CT molecular complexity index is 1200. The van der Waals surface area contributed by atoms with Crippen molar-refractivity contribution >= 4 is 23.4 Å². The zero-order valence-corrected chi connectivity index (χ0v) is 20.9. The topological polar surface area (TPSA) is 82.3 Å². The van der Waals surface area contributed by atoms with Gasteiger partial charge in [-0.25, -0.2) is 9.88 Å². The number of amides is 1. The van der Waals surface area contributed by atoms with Gasteiger partial charge in [0.1, 0.15) is 5.75 Å². The monoisotopic (exact) mass is 478 g/mol. The molecule has 1 aliphatic heterocycles. The van der Waals surface area contributed by atoms with Gasteiger partial charge in [0.25, 0.3) is 17.0 Å². The minimum absolute atomic E-state index is 0.135. The Hall–Kier alpha value is -3.13. The lowest BCUT2D eigenvalue weighted by Gasteiger charge is -2.33. The van der Waals surface area contributed by atoms with E-state index in [0.29, 0.717) is 22.1 Å². The van der Waals surface area contributed by atoms with Gasteiger partial charge in [-0.15, -0.1) is 0 Å². The molecule has 0 radical (unpaired) electrons. The first-order valence-corrected chi connectivity index (χ1v) is 12.6. The van der Waals surface area contributed by atoms with Crippen LogP contribution in [0.15, 0.2) is 47.6 Å². The zero-order valence-electron chi connectivity index (χ0n) is 20.1. The van der Waals surface area contributed by atoms with Crippen molar-refractivity contribution in [1.82, 2.24) is 10.1 Å². The Morgan fingerprint density at radius 2 is 2.00 bits per heavy atom. The number of fused-ring (bicyclic) bond motifs is 3. The molecule has 7 nitrogen and oxygen atoms in total. The molecule has 0 spiro atoms. The standard InChI is InChI=1S/C26H30N4O3S/c1-5-6-7-10-15-34-26-27-24(32)23-20-11-8-9-12-21(20)29(18(3)31)25(30(23)28-26)19-13-14-22(33-4)17(2)16-19/h8-9,11-14,16,25H,5-7,10,15H2,1-4H3. The summed E-state index contributed by atoms with van der Waals surface area (Å²) < 4.78 is 7.11. The SMILES string of the molecule is CCCCCCSc1nc([O-])c2[n+](n1)C(c1ccc(OC)c(C)c1)N(C(C)=O)c1ccccc1-2. The molecule has 1 unspecified atom stereocenters. The Kier molecular flexibility index (Phi) is 7.36. The first kappa shape index (κ1) is 24.0. The first-order valence-electron chi connectivity index (χ1n) is 11.6. The van der Waals surface area contributed by atoms with Gasteiger partial charge in [0.15, 0.2) is 0 Å². The Labute approximate surface area is 204 Å². The highest BCUT2D eigenvalue weighted by atomic mass is 32.2. The predicted octanol–water partition coefficient (Wildman–Crippen LogP) is 4.41. The molecule has 3 aromatic rings. The smallest absolute Gasteiger partial charge is 0.293 e. The maximum absolute atomic E-state index is 13.3. The van der Waals surface area contributed by atoms with Gasteiger partial charge in [-0.1, -0.05) is 54.8 Å². The van der Waals surface area contributed by atoms with Crippen molar-refractivity contribution in [1.29, 1.82) is 0 Å². The number of unbranched alkanes of at least 4 members (excludes halogenated alkanes) is 3. The second kappa shape index (κ2) is 10.4. The summed E-state index contributed by atoms with van der Waals surface area (Å²) in [5, 5.41) is 18.5. The van der Waals surface area contributed by atoms with Crippen molar-refractivity contribution in [2.24, 2.45) is 0 Å². The largest absolute Gasteiger partial charge is 0.854 e. The van der Waals surface area contributed by atoms with E-state index in [-0.39, 0.29) is 11.8 Å². The molecule has 0 saturated heterocycles. The Morgan fingerprint density at radius 3 is 2.71 bits per heavy atom. The molecule has 0 N–H and O–H groups in total. The van der Waals surface area contributed by atoms with Gasteiger partial charge in [-0.05, 0) is 49.2 Å². The average Bonchev–Trinajstić information content (AvgIpc) is 2.82. The van der Waals surface area contributed by atoms with Gasteiger partial charge >= 0.3 is 0 Å². The zero-order chi connectivity index (χ0) is 24.2. The van der Waals surface area contributed by atoms with Gasteiger partial charge in [0.2, 0.25) is 5.91 Å². The molecule has 1 atom stereocenters. The normalized spacial score (nSPS) is 14.5. The maximum Gasteiger partial charge on any atom is 0.293 e. The van der Waals surface area contributed by atoms with Crippen LogP contribution >= 0.6 is 11.8 Å².